The Morgan fingerprint density at radius 2 is 1.95 bits per heavy atom. The molecule has 0 aliphatic heterocycles. The standard InChI is InChI=1S/C17H25BrO4/c1-3-6-15-16(8-7-14(13(2)19)17(15)20)22-12-5-11-21-10-4-9-18/h7-8,20H,3-6,9-12H2,1-2H3. The molecular formula is C17H25BrO4. The third-order valence-electron chi connectivity index (χ3n) is 3.23. The topological polar surface area (TPSA) is 55.8 Å². The van der Waals surface area contributed by atoms with E-state index in [4.69, 9.17) is 9.47 Å². The highest BCUT2D eigenvalue weighted by Gasteiger charge is 2.15. The number of ketones is 1. The summed E-state index contributed by atoms with van der Waals surface area (Å²) in [5.74, 6) is 0.576. The van der Waals surface area contributed by atoms with E-state index in [2.05, 4.69) is 15.9 Å². The third-order valence-corrected chi connectivity index (χ3v) is 3.79. The largest absolute Gasteiger partial charge is 0.507 e. The van der Waals surface area contributed by atoms with Gasteiger partial charge in [0.15, 0.2) is 5.78 Å². The second-order valence-electron chi connectivity index (χ2n) is 5.10. The minimum absolute atomic E-state index is 0.0559. The molecule has 0 amide bonds. The molecule has 0 spiro atoms. The molecule has 1 rings (SSSR count). The number of phenolic OH excluding ortho intramolecular Hbond substituents is 1. The number of alkyl halides is 1. The first-order valence-electron chi connectivity index (χ1n) is 7.74. The van der Waals surface area contributed by atoms with Crippen molar-refractivity contribution in [1.82, 2.24) is 0 Å². The average molecular weight is 373 g/mol. The molecule has 1 aromatic rings. The molecule has 0 heterocycles. The third kappa shape index (κ3) is 5.97. The first-order chi connectivity index (χ1) is 10.6. The molecule has 0 aliphatic rings. The molecule has 0 aromatic heterocycles. The maximum atomic E-state index is 11.5. The number of Topliss-reactive ketones (excluding diaryl/α,β-unsaturated/α-hetero) is 1. The quantitative estimate of drug-likeness (QED) is 0.360. The zero-order chi connectivity index (χ0) is 16.4. The lowest BCUT2D eigenvalue weighted by molar-refractivity contribution is 0.101. The van der Waals surface area contributed by atoms with Crippen LogP contribution >= 0.6 is 15.9 Å². The molecule has 1 N–H and O–H groups in total. The Kier molecular flexibility index (Phi) is 9.16. The van der Waals surface area contributed by atoms with E-state index < -0.39 is 0 Å². The number of halogens is 1. The lowest BCUT2D eigenvalue weighted by Gasteiger charge is -2.14. The monoisotopic (exact) mass is 372 g/mol. The number of hydrogen-bond acceptors (Lipinski definition) is 4. The number of rotatable bonds is 11. The van der Waals surface area contributed by atoms with Crippen molar-refractivity contribution >= 4 is 21.7 Å². The molecule has 0 aliphatic carbocycles. The Bertz CT molecular complexity index is 474. The smallest absolute Gasteiger partial charge is 0.163 e. The molecule has 0 bridgehead atoms. The highest BCUT2D eigenvalue weighted by Crippen LogP contribution is 2.33. The molecule has 0 radical (unpaired) electrons. The fraction of sp³-hybridized carbons (Fsp3) is 0.588. The highest BCUT2D eigenvalue weighted by molar-refractivity contribution is 9.09. The van der Waals surface area contributed by atoms with Crippen LogP contribution in [-0.4, -0.2) is 36.0 Å². The first-order valence-corrected chi connectivity index (χ1v) is 8.86. The van der Waals surface area contributed by atoms with Crippen molar-refractivity contribution in [3.8, 4) is 11.5 Å². The van der Waals surface area contributed by atoms with Gasteiger partial charge in [0, 0.05) is 30.5 Å². The number of aromatic hydroxyl groups is 1. The molecule has 0 atom stereocenters. The van der Waals surface area contributed by atoms with E-state index in [-0.39, 0.29) is 11.5 Å². The van der Waals surface area contributed by atoms with Crippen LogP contribution in [-0.2, 0) is 11.2 Å². The number of hydrogen-bond donors (Lipinski definition) is 1. The summed E-state index contributed by atoms with van der Waals surface area (Å²) >= 11 is 3.36. The van der Waals surface area contributed by atoms with Gasteiger partial charge in [0.05, 0.1) is 12.2 Å². The van der Waals surface area contributed by atoms with E-state index in [0.717, 1.165) is 36.8 Å². The van der Waals surface area contributed by atoms with Crippen LogP contribution in [0.15, 0.2) is 12.1 Å². The second kappa shape index (κ2) is 10.6. The molecule has 4 nitrogen and oxygen atoms in total. The Morgan fingerprint density at radius 3 is 2.59 bits per heavy atom. The highest BCUT2D eigenvalue weighted by atomic mass is 79.9. The van der Waals surface area contributed by atoms with Crippen LogP contribution in [0.3, 0.4) is 0 Å². The summed E-state index contributed by atoms with van der Waals surface area (Å²) in [4.78, 5) is 11.5. The number of ether oxygens (including phenoxy) is 2. The van der Waals surface area contributed by atoms with E-state index >= 15 is 0 Å². The Hall–Kier alpha value is -1.07. The van der Waals surface area contributed by atoms with Crippen LogP contribution in [0.4, 0.5) is 0 Å². The second-order valence-corrected chi connectivity index (χ2v) is 5.89. The normalized spacial score (nSPS) is 10.7. The van der Waals surface area contributed by atoms with Crippen LogP contribution in [0, 0.1) is 0 Å². The van der Waals surface area contributed by atoms with E-state index in [1.165, 1.54) is 6.92 Å². The van der Waals surface area contributed by atoms with E-state index in [1.807, 2.05) is 6.92 Å². The predicted octanol–water partition coefficient (Wildman–Crippen LogP) is 4.12. The summed E-state index contributed by atoms with van der Waals surface area (Å²) in [6.45, 7) is 5.43. The number of benzene rings is 1. The van der Waals surface area contributed by atoms with Crippen LogP contribution in [0.2, 0.25) is 0 Å². The minimum Gasteiger partial charge on any atom is -0.507 e. The van der Waals surface area contributed by atoms with Crippen molar-refractivity contribution in [3.63, 3.8) is 0 Å². The summed E-state index contributed by atoms with van der Waals surface area (Å²) in [5, 5.41) is 11.2. The maximum absolute atomic E-state index is 11.5. The first kappa shape index (κ1) is 19.0. The number of phenols is 1. The van der Waals surface area contributed by atoms with Gasteiger partial charge in [-0.2, -0.15) is 0 Å². The zero-order valence-electron chi connectivity index (χ0n) is 13.4. The van der Waals surface area contributed by atoms with Crippen molar-refractivity contribution in [2.45, 2.75) is 39.5 Å². The maximum Gasteiger partial charge on any atom is 0.163 e. The summed E-state index contributed by atoms with van der Waals surface area (Å²) in [5.41, 5.74) is 1.07. The fourth-order valence-electron chi connectivity index (χ4n) is 2.13. The van der Waals surface area contributed by atoms with Gasteiger partial charge >= 0.3 is 0 Å². The molecule has 22 heavy (non-hydrogen) atoms. The zero-order valence-corrected chi connectivity index (χ0v) is 14.9. The lowest BCUT2D eigenvalue weighted by Crippen LogP contribution is -2.06. The molecule has 0 unspecified atom stereocenters. The average Bonchev–Trinajstić information content (AvgIpc) is 2.49. The number of carbonyl (C=O) groups excluding carboxylic acids is 1. The Balaban J connectivity index is 2.58. The predicted molar refractivity (Wildman–Crippen MR) is 91.4 cm³/mol. The van der Waals surface area contributed by atoms with Crippen molar-refractivity contribution in [1.29, 1.82) is 0 Å². The summed E-state index contributed by atoms with van der Waals surface area (Å²) in [6, 6.07) is 3.39. The molecule has 5 heteroatoms. The molecular weight excluding hydrogens is 348 g/mol. The van der Waals surface area contributed by atoms with E-state index in [9.17, 15) is 9.90 Å². The summed E-state index contributed by atoms with van der Waals surface area (Å²) in [6.07, 6.45) is 3.36. The molecule has 1 aromatic carbocycles. The van der Waals surface area contributed by atoms with Gasteiger partial charge < -0.3 is 14.6 Å². The summed E-state index contributed by atoms with van der Waals surface area (Å²) in [7, 11) is 0. The van der Waals surface area contributed by atoms with Crippen LogP contribution in [0.25, 0.3) is 0 Å². The van der Waals surface area contributed by atoms with Crippen LogP contribution in [0.5, 0.6) is 11.5 Å². The van der Waals surface area contributed by atoms with Gasteiger partial charge in [-0.1, -0.05) is 29.3 Å². The molecule has 0 fully saturated rings. The van der Waals surface area contributed by atoms with Gasteiger partial charge in [0.1, 0.15) is 11.5 Å². The number of carbonyl (C=O) groups is 1. The van der Waals surface area contributed by atoms with Crippen molar-refractivity contribution in [3.05, 3.63) is 23.3 Å². The van der Waals surface area contributed by atoms with Crippen molar-refractivity contribution in [2.24, 2.45) is 0 Å². The van der Waals surface area contributed by atoms with Gasteiger partial charge in [-0.15, -0.1) is 0 Å². The van der Waals surface area contributed by atoms with E-state index in [0.29, 0.717) is 30.9 Å². The molecule has 0 saturated heterocycles. The lowest BCUT2D eigenvalue weighted by atomic mass is 10.0. The Labute approximate surface area is 140 Å². The minimum atomic E-state index is -0.137. The SMILES string of the molecule is CCCc1c(OCCCOCCCBr)ccc(C(C)=O)c1O. The summed E-state index contributed by atoms with van der Waals surface area (Å²) < 4.78 is 11.2. The van der Waals surface area contributed by atoms with Gasteiger partial charge in [-0.3, -0.25) is 4.79 Å². The fourth-order valence-corrected chi connectivity index (χ4v) is 2.36. The molecule has 0 saturated carbocycles. The van der Waals surface area contributed by atoms with Gasteiger partial charge in [-0.25, -0.2) is 0 Å². The van der Waals surface area contributed by atoms with Crippen molar-refractivity contribution in [2.75, 3.05) is 25.2 Å². The van der Waals surface area contributed by atoms with Crippen LogP contribution < -0.4 is 4.74 Å². The molecule has 124 valence electrons. The van der Waals surface area contributed by atoms with Crippen molar-refractivity contribution < 1.29 is 19.4 Å². The van der Waals surface area contributed by atoms with E-state index in [1.54, 1.807) is 12.1 Å². The van der Waals surface area contributed by atoms with Gasteiger partial charge in [0.25, 0.3) is 0 Å². The van der Waals surface area contributed by atoms with Gasteiger partial charge in [-0.05, 0) is 31.9 Å². The Morgan fingerprint density at radius 1 is 1.23 bits per heavy atom. The van der Waals surface area contributed by atoms with Gasteiger partial charge in [0.2, 0.25) is 0 Å². The van der Waals surface area contributed by atoms with Crippen LogP contribution in [0.1, 0.15) is 49.0 Å².